The topological polar surface area (TPSA) is 69.7 Å². The number of rotatable bonds is 3. The number of fused-ring (bicyclic) bond motifs is 3. The molecule has 0 spiro atoms. The fourth-order valence-electron chi connectivity index (χ4n) is 4.37. The van der Waals surface area contributed by atoms with E-state index in [-0.39, 0.29) is 30.7 Å². The second kappa shape index (κ2) is 6.88. The molecule has 2 aromatic rings. The van der Waals surface area contributed by atoms with Gasteiger partial charge in [-0.15, -0.1) is 0 Å². The fourth-order valence-corrected chi connectivity index (χ4v) is 4.55. The molecular weight excluding hydrogens is 390 g/mol. The van der Waals surface area contributed by atoms with Crippen LogP contribution in [0.5, 0.6) is 0 Å². The van der Waals surface area contributed by atoms with Gasteiger partial charge in [-0.3, -0.25) is 19.3 Å². The molecule has 0 saturated carbocycles. The number of nitrogens with one attached hydrogen (secondary N) is 1. The van der Waals surface area contributed by atoms with E-state index in [1.54, 1.807) is 42.5 Å². The van der Waals surface area contributed by atoms with E-state index in [0.29, 0.717) is 22.0 Å². The average molecular weight is 412 g/mol. The average Bonchev–Trinajstić information content (AvgIpc) is 3.03. The van der Waals surface area contributed by atoms with E-state index in [2.05, 4.69) is 5.32 Å². The Bertz CT molecular complexity index is 1040. The molecule has 0 radical (unpaired) electrons. The van der Waals surface area contributed by atoms with Crippen molar-refractivity contribution in [1.29, 1.82) is 0 Å². The molecule has 2 aliphatic heterocycles. The Kier molecular flexibility index (Phi) is 4.62. The lowest BCUT2D eigenvalue weighted by atomic mass is 9.93. The van der Waals surface area contributed by atoms with Gasteiger partial charge in [0.25, 0.3) is 11.8 Å². The summed E-state index contributed by atoms with van der Waals surface area (Å²) in [5.41, 5.74) is 0.791. The molecule has 1 atom stereocenters. The highest BCUT2D eigenvalue weighted by atomic mass is 35.5. The molecule has 1 N–H and O–H groups in total. The largest absolute Gasteiger partial charge is 0.322 e. The van der Waals surface area contributed by atoms with Crippen molar-refractivity contribution in [3.8, 4) is 0 Å². The Hall–Kier alpha value is -2.86. The molecule has 2 heterocycles. The summed E-state index contributed by atoms with van der Waals surface area (Å²) in [6.07, 6.45) is 0.419. The summed E-state index contributed by atoms with van der Waals surface area (Å²) < 4.78 is 0. The first-order valence-electron chi connectivity index (χ1n) is 9.61. The van der Waals surface area contributed by atoms with Crippen LogP contribution in [-0.2, 0) is 9.59 Å². The number of anilines is 2. The van der Waals surface area contributed by atoms with Crippen molar-refractivity contribution in [3.05, 3.63) is 58.6 Å². The molecule has 0 bridgehead atoms. The maximum absolute atomic E-state index is 13.7. The predicted molar refractivity (Wildman–Crippen MR) is 112 cm³/mol. The zero-order valence-corrected chi connectivity index (χ0v) is 17.3. The van der Waals surface area contributed by atoms with E-state index in [0.717, 1.165) is 5.56 Å². The Balaban J connectivity index is 1.88. The molecule has 2 aliphatic rings. The second-order valence-electron chi connectivity index (χ2n) is 7.70. The number of carbonyl (C=O) groups is 3. The van der Waals surface area contributed by atoms with Gasteiger partial charge in [-0.1, -0.05) is 29.8 Å². The third-order valence-corrected chi connectivity index (χ3v) is 6.10. The summed E-state index contributed by atoms with van der Waals surface area (Å²) in [7, 11) is 0. The van der Waals surface area contributed by atoms with Crippen LogP contribution >= 0.6 is 11.6 Å². The highest BCUT2D eigenvalue weighted by Crippen LogP contribution is 2.46. The Morgan fingerprint density at radius 2 is 1.86 bits per heavy atom. The van der Waals surface area contributed by atoms with Crippen molar-refractivity contribution >= 4 is 40.7 Å². The van der Waals surface area contributed by atoms with Crippen LogP contribution in [-0.4, -0.2) is 34.3 Å². The van der Waals surface area contributed by atoms with Gasteiger partial charge in [-0.05, 0) is 50.6 Å². The number of carbonyl (C=O) groups excluding carboxylic acids is 3. The quantitative estimate of drug-likeness (QED) is 0.830. The third-order valence-electron chi connectivity index (χ3n) is 5.70. The van der Waals surface area contributed by atoms with Crippen LogP contribution in [0.2, 0.25) is 5.02 Å². The third kappa shape index (κ3) is 2.74. The van der Waals surface area contributed by atoms with Crippen molar-refractivity contribution in [2.45, 2.75) is 45.3 Å². The summed E-state index contributed by atoms with van der Waals surface area (Å²) >= 11 is 6.20. The molecule has 1 saturated heterocycles. The molecule has 4 rings (SSSR count). The van der Waals surface area contributed by atoms with Crippen LogP contribution in [0.4, 0.5) is 11.4 Å². The summed E-state index contributed by atoms with van der Waals surface area (Å²) in [5, 5.41) is 3.46. The van der Waals surface area contributed by atoms with Crippen molar-refractivity contribution in [3.63, 3.8) is 0 Å². The monoisotopic (exact) mass is 411 g/mol. The maximum atomic E-state index is 13.7. The first kappa shape index (κ1) is 19.5. The number of nitrogens with zero attached hydrogens (tertiary/aromatic N) is 2. The number of para-hydroxylation sites is 1. The molecule has 29 heavy (non-hydrogen) atoms. The summed E-state index contributed by atoms with van der Waals surface area (Å²) in [6.45, 7) is 5.52. The van der Waals surface area contributed by atoms with Crippen molar-refractivity contribution in [1.82, 2.24) is 4.90 Å². The number of hydrogen-bond donors (Lipinski definition) is 1. The second-order valence-corrected chi connectivity index (χ2v) is 8.11. The van der Waals surface area contributed by atoms with Crippen molar-refractivity contribution in [2.24, 2.45) is 0 Å². The Labute approximate surface area is 174 Å². The van der Waals surface area contributed by atoms with Gasteiger partial charge in [0.15, 0.2) is 0 Å². The van der Waals surface area contributed by atoms with Gasteiger partial charge >= 0.3 is 0 Å². The molecular formula is C22H22ClN3O3. The molecule has 1 unspecified atom stereocenters. The van der Waals surface area contributed by atoms with E-state index < -0.39 is 11.6 Å². The minimum atomic E-state index is -1.41. The van der Waals surface area contributed by atoms with Crippen LogP contribution in [0.25, 0.3) is 0 Å². The lowest BCUT2D eigenvalue weighted by Crippen LogP contribution is -2.70. The Morgan fingerprint density at radius 3 is 2.59 bits per heavy atom. The van der Waals surface area contributed by atoms with E-state index in [1.165, 1.54) is 9.80 Å². The zero-order chi connectivity index (χ0) is 20.9. The van der Waals surface area contributed by atoms with Crippen LogP contribution < -0.4 is 10.2 Å². The summed E-state index contributed by atoms with van der Waals surface area (Å²) in [4.78, 5) is 43.0. The van der Waals surface area contributed by atoms with Crippen molar-refractivity contribution in [2.75, 3.05) is 10.2 Å². The van der Waals surface area contributed by atoms with E-state index in [4.69, 9.17) is 11.6 Å². The van der Waals surface area contributed by atoms with E-state index in [1.807, 2.05) is 20.8 Å². The lowest BCUT2D eigenvalue weighted by molar-refractivity contribution is -0.129. The van der Waals surface area contributed by atoms with Gasteiger partial charge in [-0.2, -0.15) is 0 Å². The summed E-state index contributed by atoms with van der Waals surface area (Å²) in [6, 6.07) is 11.9. The normalized spacial score (nSPS) is 20.7. The van der Waals surface area contributed by atoms with Crippen LogP contribution in [0, 0.1) is 6.92 Å². The van der Waals surface area contributed by atoms with Crippen LogP contribution in [0.1, 0.15) is 42.6 Å². The summed E-state index contributed by atoms with van der Waals surface area (Å²) in [5.74, 6) is -0.835. The standard InChI is InChI=1S/C22H22ClN3O3/c1-13(2)25-20(28)15-7-4-5-10-18(15)26-19(27)11-12-22(25,26)21(29)24-17-9-6-8-16(23)14(17)3/h4-10,13H,11-12H2,1-3H3,(H,24,29). The van der Waals surface area contributed by atoms with Gasteiger partial charge in [0.05, 0.1) is 11.3 Å². The van der Waals surface area contributed by atoms with Crippen molar-refractivity contribution < 1.29 is 14.4 Å². The maximum Gasteiger partial charge on any atom is 0.271 e. The zero-order valence-electron chi connectivity index (χ0n) is 16.5. The van der Waals surface area contributed by atoms with Gasteiger partial charge in [0, 0.05) is 29.6 Å². The smallest absolute Gasteiger partial charge is 0.271 e. The Morgan fingerprint density at radius 1 is 1.14 bits per heavy atom. The number of hydrogen-bond acceptors (Lipinski definition) is 3. The number of amides is 3. The van der Waals surface area contributed by atoms with E-state index in [9.17, 15) is 14.4 Å². The van der Waals surface area contributed by atoms with E-state index >= 15 is 0 Å². The molecule has 3 amide bonds. The SMILES string of the molecule is Cc1c(Cl)cccc1NC(=O)C12CCC(=O)N1c1ccccc1C(=O)N2C(C)C. The first-order valence-corrected chi connectivity index (χ1v) is 9.99. The molecule has 0 aliphatic carbocycles. The highest BCUT2D eigenvalue weighted by Gasteiger charge is 2.61. The van der Waals surface area contributed by atoms with Gasteiger partial charge < -0.3 is 10.2 Å². The first-order chi connectivity index (χ1) is 13.8. The van der Waals surface area contributed by atoms with Gasteiger partial charge in [0.1, 0.15) is 0 Å². The van der Waals surface area contributed by atoms with Crippen LogP contribution in [0.3, 0.4) is 0 Å². The van der Waals surface area contributed by atoms with Gasteiger partial charge in [0.2, 0.25) is 11.6 Å². The lowest BCUT2D eigenvalue weighted by Gasteiger charge is -2.50. The molecule has 150 valence electrons. The number of halogens is 1. The molecule has 7 heteroatoms. The minimum Gasteiger partial charge on any atom is -0.322 e. The van der Waals surface area contributed by atoms with Gasteiger partial charge in [-0.25, -0.2) is 0 Å². The molecule has 2 aromatic carbocycles. The highest BCUT2D eigenvalue weighted by molar-refractivity contribution is 6.31. The fraction of sp³-hybridized carbons (Fsp3) is 0.318. The van der Waals surface area contributed by atoms with Crippen LogP contribution in [0.15, 0.2) is 42.5 Å². The number of benzene rings is 2. The molecule has 6 nitrogen and oxygen atoms in total. The minimum absolute atomic E-state index is 0.173. The predicted octanol–water partition coefficient (Wildman–Crippen LogP) is 3.97. The molecule has 0 aromatic heterocycles. The molecule has 1 fully saturated rings.